The van der Waals surface area contributed by atoms with E-state index in [2.05, 4.69) is 33.8 Å². The number of carbonyl (C=O) groups excluding carboxylic acids is 2. The maximum absolute atomic E-state index is 14.5. The fourth-order valence-electron chi connectivity index (χ4n) is 17.6. The zero-order valence-electron chi connectivity index (χ0n) is 51.7. The van der Waals surface area contributed by atoms with Crippen molar-refractivity contribution >= 4 is 22.2 Å². The molecule has 9 fully saturated rings. The van der Waals surface area contributed by atoms with Crippen LogP contribution in [0, 0.1) is 45.3 Å². The van der Waals surface area contributed by atoms with Crippen LogP contribution in [-0.2, 0) is 81.0 Å². The Morgan fingerprint density at radius 3 is 1.91 bits per heavy atom. The van der Waals surface area contributed by atoms with Gasteiger partial charge in [0.15, 0.2) is 31.5 Å². The molecule has 0 radical (unpaired) electrons. The van der Waals surface area contributed by atoms with Gasteiger partial charge in [-0.15, -0.1) is 0 Å². The number of hydrogen-bond acceptors (Lipinski definition) is 28. The van der Waals surface area contributed by atoms with Crippen molar-refractivity contribution in [2.75, 3.05) is 33.5 Å². The van der Waals surface area contributed by atoms with E-state index >= 15 is 0 Å². The third kappa shape index (κ3) is 12.4. The number of aliphatic hydroxyl groups excluding tert-OH is 11. The molecule has 31 atom stereocenters. The Morgan fingerprint density at radius 2 is 1.26 bits per heavy atom. The number of aliphatic hydroxyl groups is 11. The third-order valence-electron chi connectivity index (χ3n) is 22.0. The van der Waals surface area contributed by atoms with Gasteiger partial charge in [0.25, 0.3) is 0 Å². The van der Waals surface area contributed by atoms with Crippen LogP contribution in [0.3, 0.4) is 0 Å². The van der Waals surface area contributed by atoms with Crippen LogP contribution < -0.4 is 0 Å². The molecule has 3 saturated carbocycles. The Labute approximate surface area is 517 Å². The largest absolute Gasteiger partial charge is 0.458 e. The van der Waals surface area contributed by atoms with Crippen LogP contribution in [0.2, 0.25) is 0 Å². The Balaban J connectivity index is 0.914. The lowest BCUT2D eigenvalue weighted by molar-refractivity contribution is -0.405. The van der Waals surface area contributed by atoms with Crippen LogP contribution in [0.5, 0.6) is 0 Å². The molecule has 0 aromatic rings. The van der Waals surface area contributed by atoms with E-state index in [4.69, 9.17) is 61.0 Å². The number of carbonyl (C=O) groups is 2. The molecule has 0 aromatic carbocycles. The van der Waals surface area contributed by atoms with Crippen LogP contribution >= 0.6 is 0 Å². The highest BCUT2D eigenvalue weighted by Gasteiger charge is 2.76. The summed E-state index contributed by atoms with van der Waals surface area (Å²) in [6, 6.07) is 0. The van der Waals surface area contributed by atoms with Gasteiger partial charge in [-0.25, -0.2) is 4.18 Å². The number of ether oxygens (including phenoxy) is 12. The molecule has 12 N–H and O–H groups in total. The zero-order chi connectivity index (χ0) is 65.0. The minimum atomic E-state index is -5.28. The minimum Gasteiger partial charge on any atom is -0.458 e. The molecule has 6 heterocycles. The highest BCUT2D eigenvalue weighted by Crippen LogP contribution is 2.76. The molecule has 510 valence electrons. The Kier molecular flexibility index (Phi) is 20.5. The molecular formula is C59H94O29S. The lowest BCUT2D eigenvalue weighted by atomic mass is 9.41. The van der Waals surface area contributed by atoms with Gasteiger partial charge in [0.2, 0.25) is 0 Å². The van der Waals surface area contributed by atoms with E-state index < -0.39 is 206 Å². The first-order chi connectivity index (χ1) is 41.7. The predicted octanol–water partition coefficient (Wildman–Crippen LogP) is -1.84. The van der Waals surface area contributed by atoms with Crippen molar-refractivity contribution in [2.24, 2.45) is 45.3 Å². The molecule has 10 aliphatic rings. The van der Waals surface area contributed by atoms with Crippen LogP contribution in [0.25, 0.3) is 0 Å². The maximum Gasteiger partial charge on any atom is 0.397 e. The number of Topliss-reactive ketones (excluding diaryl/α,β-unsaturated/α-hetero) is 1. The number of fused-ring (bicyclic) bond motifs is 4. The summed E-state index contributed by atoms with van der Waals surface area (Å²) in [4.78, 5) is 27.8. The molecule has 6 saturated heterocycles. The Hall–Kier alpha value is -2.13. The van der Waals surface area contributed by atoms with Crippen molar-refractivity contribution in [1.29, 1.82) is 0 Å². The Bertz CT molecular complexity index is 2650. The molecule has 0 aromatic heterocycles. The van der Waals surface area contributed by atoms with Crippen molar-refractivity contribution in [1.82, 2.24) is 0 Å². The lowest BCUT2D eigenvalue weighted by Gasteiger charge is -2.64. The zero-order valence-corrected chi connectivity index (χ0v) is 52.5. The summed E-state index contributed by atoms with van der Waals surface area (Å²) in [5, 5.41) is 122. The molecule has 29 nitrogen and oxygen atoms in total. The first-order valence-electron chi connectivity index (χ1n) is 31.2. The van der Waals surface area contributed by atoms with E-state index in [9.17, 15) is 78.7 Å². The molecule has 4 aliphatic carbocycles. The summed E-state index contributed by atoms with van der Waals surface area (Å²) in [6.07, 6.45) is -34.3. The molecule has 0 bridgehead atoms. The van der Waals surface area contributed by atoms with Crippen LogP contribution in [0.1, 0.15) is 113 Å². The maximum atomic E-state index is 14.5. The molecule has 2 unspecified atom stereocenters. The number of methoxy groups -OCH3 is 1. The third-order valence-corrected chi connectivity index (χ3v) is 22.5. The number of cyclic esters (lactones) is 1. The summed E-state index contributed by atoms with van der Waals surface area (Å²) in [7, 11) is -4.06. The van der Waals surface area contributed by atoms with Crippen LogP contribution in [0.4, 0.5) is 0 Å². The van der Waals surface area contributed by atoms with Crippen LogP contribution in [-0.4, -0.2) is 267 Å². The quantitative estimate of drug-likeness (QED) is 0.0384. The highest BCUT2D eigenvalue weighted by molar-refractivity contribution is 7.80. The van der Waals surface area contributed by atoms with E-state index in [0.717, 1.165) is 12.8 Å². The van der Waals surface area contributed by atoms with Gasteiger partial charge in [0.1, 0.15) is 115 Å². The van der Waals surface area contributed by atoms with Crippen molar-refractivity contribution in [3.63, 3.8) is 0 Å². The standard InChI is InChI=1S/C59H94O29S/c1-24(2)18-26(62)19-58(8)34-13-16-57(7)28-10-11-33-55(4,5)35(14-15-56(33,6)27(28)12-17-59(34,57)54(72)87-58)82-52-47(38(66)32(23-78-52)88-89(73,74)75)86-53-48(85-50-40(68)39(67)36(64)30(20-60)80-50)41(69)44(25(3)79-53)83-51-43(71)46(37(65)31(21-61)81-51)84-49-42(70)45(76-9)29(63)22-77-49/h10,24-25,27,29-53,60-61,63-71H,11-23H2,1-9H3,(H,73,74,75)/t25-,27?,29-,30-,31-,32-,33?,34-,35+,36-,37-,38+,39+,40-,41+,42-,43-,44-,45+,46+,47-,48-,49+,50+,51+,52+,53+,56-,57+,58+,59-/m1/s1. The topological polar surface area (TPSA) is 431 Å². The smallest absolute Gasteiger partial charge is 0.397 e. The number of allylic oxidation sites excluding steroid dienone is 2. The van der Waals surface area contributed by atoms with Gasteiger partial charge in [-0.2, -0.15) is 8.42 Å². The second-order valence-corrected chi connectivity index (χ2v) is 29.2. The predicted molar refractivity (Wildman–Crippen MR) is 298 cm³/mol. The van der Waals surface area contributed by atoms with Crippen LogP contribution in [0.15, 0.2) is 11.6 Å². The van der Waals surface area contributed by atoms with Gasteiger partial charge in [0.05, 0.1) is 44.1 Å². The molecule has 1 spiro atoms. The van der Waals surface area contributed by atoms with E-state index in [-0.39, 0.29) is 47.3 Å². The van der Waals surface area contributed by atoms with E-state index in [1.807, 2.05) is 20.8 Å². The second-order valence-electron chi connectivity index (χ2n) is 28.2. The normalized spacial score (nSPS) is 50.7. The molecule has 6 aliphatic heterocycles. The van der Waals surface area contributed by atoms with Gasteiger partial charge < -0.3 is 113 Å². The van der Waals surface area contributed by atoms with E-state index in [0.29, 0.717) is 38.5 Å². The van der Waals surface area contributed by atoms with E-state index in [1.165, 1.54) is 19.6 Å². The highest BCUT2D eigenvalue weighted by atomic mass is 32.3. The number of rotatable bonds is 19. The van der Waals surface area contributed by atoms with Crippen molar-refractivity contribution in [3.8, 4) is 0 Å². The van der Waals surface area contributed by atoms with Gasteiger partial charge in [0, 0.05) is 31.3 Å². The summed E-state index contributed by atoms with van der Waals surface area (Å²) >= 11 is 0. The second kappa shape index (κ2) is 26.1. The summed E-state index contributed by atoms with van der Waals surface area (Å²) < 4.78 is 112. The molecule has 30 heteroatoms. The van der Waals surface area contributed by atoms with Crippen molar-refractivity contribution in [3.05, 3.63) is 11.6 Å². The summed E-state index contributed by atoms with van der Waals surface area (Å²) in [5.41, 5.74) is -1.98. The first-order valence-corrected chi connectivity index (χ1v) is 32.5. The average molecular weight is 1300 g/mol. The van der Waals surface area contributed by atoms with Crippen molar-refractivity contribution in [2.45, 2.75) is 266 Å². The molecule has 0 amide bonds. The number of esters is 1. The minimum absolute atomic E-state index is 0.0464. The summed E-state index contributed by atoms with van der Waals surface area (Å²) in [6.45, 7) is 13.1. The van der Waals surface area contributed by atoms with Gasteiger partial charge in [-0.1, -0.05) is 53.2 Å². The number of hydrogen-bond donors (Lipinski definition) is 12. The number of ketones is 1. The van der Waals surface area contributed by atoms with Crippen molar-refractivity contribution < 1.29 is 140 Å². The van der Waals surface area contributed by atoms with Gasteiger partial charge >= 0.3 is 16.4 Å². The molecule has 10 rings (SSSR count). The SMILES string of the molecule is CO[C@@H]1[C@@H](O)[C@H](O[C@@H]2[C@@H](O)[C@H](O[C@H]3[C@H](O)[C@@H](O[C@@H]4O[C@H](CO)[C@@H](O)[C@H](O)[C@H]4O)[C@H](O[C@H]4[C@H](O[C@H]5CC[C@]6(C)C7CC[C@]89C(=O)O[C@@](C)(CC(=O)CC(C)C)[C@H]8CC[C@@]9(C)C7=CCC6C5(C)C)OC[C@@H](OS(=O)(=O)O)[C@@H]4O)O[C@@H]3C)O[C@H](CO)[C@H]2O)OC[C@H]1O. The fraction of sp³-hybridized carbons (Fsp3) is 0.932. The lowest BCUT2D eigenvalue weighted by Crippen LogP contribution is -2.68. The fourth-order valence-corrected chi connectivity index (χ4v) is 18.0. The monoisotopic (exact) mass is 1300 g/mol. The summed E-state index contributed by atoms with van der Waals surface area (Å²) in [5.74, 6) is -0.0824. The van der Waals surface area contributed by atoms with Gasteiger partial charge in [-0.05, 0) is 87.4 Å². The van der Waals surface area contributed by atoms with Gasteiger partial charge in [-0.3, -0.25) is 14.1 Å². The molecular weight excluding hydrogens is 1200 g/mol. The molecule has 89 heavy (non-hydrogen) atoms. The van der Waals surface area contributed by atoms with E-state index in [1.54, 1.807) is 0 Å². The Morgan fingerprint density at radius 1 is 0.652 bits per heavy atom. The average Bonchev–Trinajstić information content (AvgIpc) is 1.55. The first kappa shape index (κ1) is 69.7.